The molecule has 2 aromatic carbocycles. The van der Waals surface area contributed by atoms with E-state index in [1.807, 2.05) is 34.6 Å². The van der Waals surface area contributed by atoms with Gasteiger partial charge in [-0.25, -0.2) is 4.98 Å². The molecule has 5 rings (SSSR count). The third kappa shape index (κ3) is 3.97. The van der Waals surface area contributed by atoms with Gasteiger partial charge < -0.3 is 4.90 Å². The highest BCUT2D eigenvalue weighted by molar-refractivity contribution is 7.99. The molecule has 0 spiro atoms. The molecule has 8 heteroatoms. The topological polar surface area (TPSA) is 63.9 Å². The van der Waals surface area contributed by atoms with Crippen LogP contribution in [0.1, 0.15) is 35.3 Å². The molecule has 1 fully saturated rings. The van der Waals surface area contributed by atoms with Gasteiger partial charge in [-0.2, -0.15) is 0 Å². The minimum absolute atomic E-state index is 0.0715. The van der Waals surface area contributed by atoms with Crippen molar-refractivity contribution in [1.82, 2.24) is 24.6 Å². The smallest absolute Gasteiger partial charge is 0.233 e. The summed E-state index contributed by atoms with van der Waals surface area (Å²) < 4.78 is 3.18. The third-order valence-corrected chi connectivity index (χ3v) is 7.63. The van der Waals surface area contributed by atoms with Crippen molar-refractivity contribution in [3.8, 4) is 5.69 Å². The lowest BCUT2D eigenvalue weighted by Crippen LogP contribution is -2.32. The summed E-state index contributed by atoms with van der Waals surface area (Å²) in [6.07, 6.45) is 1.98. The van der Waals surface area contributed by atoms with E-state index in [-0.39, 0.29) is 11.9 Å². The van der Waals surface area contributed by atoms with Crippen LogP contribution in [0.3, 0.4) is 0 Å². The third-order valence-electron chi connectivity index (χ3n) is 5.58. The number of hydrogen-bond donors (Lipinski definition) is 0. The summed E-state index contributed by atoms with van der Waals surface area (Å²) in [5.74, 6) is 1.28. The van der Waals surface area contributed by atoms with Crippen LogP contribution in [0.5, 0.6) is 0 Å². The number of carbonyl (C=O) groups excluding carboxylic acids is 1. The first-order valence-corrected chi connectivity index (χ1v) is 12.2. The molecule has 158 valence electrons. The highest BCUT2D eigenvalue weighted by atomic mass is 32.2. The molecule has 3 heterocycles. The van der Waals surface area contributed by atoms with Crippen LogP contribution in [0.2, 0.25) is 0 Å². The number of likely N-dealkylation sites (tertiary alicyclic amines) is 1. The van der Waals surface area contributed by atoms with Gasteiger partial charge in [-0.1, -0.05) is 41.6 Å². The van der Waals surface area contributed by atoms with E-state index in [9.17, 15) is 4.79 Å². The van der Waals surface area contributed by atoms with Crippen molar-refractivity contribution in [1.29, 1.82) is 0 Å². The Morgan fingerprint density at radius 2 is 1.94 bits per heavy atom. The highest BCUT2D eigenvalue weighted by Gasteiger charge is 2.32. The van der Waals surface area contributed by atoms with Crippen molar-refractivity contribution in [2.75, 3.05) is 12.3 Å². The molecule has 1 aliphatic rings. The second kappa shape index (κ2) is 8.43. The van der Waals surface area contributed by atoms with Crippen molar-refractivity contribution >= 4 is 39.2 Å². The summed E-state index contributed by atoms with van der Waals surface area (Å²) in [6.45, 7) is 4.78. The summed E-state index contributed by atoms with van der Waals surface area (Å²) >= 11 is 3.14. The number of thiazole rings is 1. The van der Waals surface area contributed by atoms with Gasteiger partial charge in [-0.05, 0) is 51.0 Å². The van der Waals surface area contributed by atoms with E-state index in [1.165, 1.54) is 22.0 Å². The largest absolute Gasteiger partial charge is 0.332 e. The standard InChI is InChI=1S/C23H23N5OS2/c1-15-9-11-17(12-10-15)28-16(2)25-26-23(28)30-14-21(29)27-13-5-7-19(27)22-24-18-6-3-4-8-20(18)31-22/h3-4,6,8-12,19H,5,7,13-14H2,1-2H3/t19-/m1/s1. The number of aryl methyl sites for hydroxylation is 2. The van der Waals surface area contributed by atoms with Crippen molar-refractivity contribution in [3.05, 3.63) is 64.9 Å². The zero-order valence-corrected chi connectivity index (χ0v) is 19.1. The number of carbonyl (C=O) groups is 1. The number of benzene rings is 2. The highest BCUT2D eigenvalue weighted by Crippen LogP contribution is 2.37. The molecular weight excluding hydrogens is 426 g/mol. The summed E-state index contributed by atoms with van der Waals surface area (Å²) in [7, 11) is 0. The monoisotopic (exact) mass is 449 g/mol. The number of nitrogens with zero attached hydrogens (tertiary/aromatic N) is 5. The van der Waals surface area contributed by atoms with E-state index in [4.69, 9.17) is 4.98 Å². The van der Waals surface area contributed by atoms with Gasteiger partial charge in [0.15, 0.2) is 5.16 Å². The first kappa shape index (κ1) is 20.2. The molecule has 0 radical (unpaired) electrons. The lowest BCUT2D eigenvalue weighted by Gasteiger charge is -2.23. The molecule has 1 aliphatic heterocycles. The molecule has 0 bridgehead atoms. The summed E-state index contributed by atoms with van der Waals surface area (Å²) in [5.41, 5.74) is 3.23. The molecule has 1 saturated heterocycles. The van der Waals surface area contributed by atoms with Crippen LogP contribution in [0.25, 0.3) is 15.9 Å². The lowest BCUT2D eigenvalue weighted by molar-refractivity contribution is -0.129. The average Bonchev–Trinajstić information content (AvgIpc) is 3.50. The molecule has 1 amide bonds. The van der Waals surface area contributed by atoms with Gasteiger partial charge in [0.25, 0.3) is 0 Å². The molecule has 0 N–H and O–H groups in total. The van der Waals surface area contributed by atoms with E-state index in [0.717, 1.165) is 46.6 Å². The van der Waals surface area contributed by atoms with Gasteiger partial charge in [0.2, 0.25) is 5.91 Å². The maximum Gasteiger partial charge on any atom is 0.233 e. The zero-order valence-electron chi connectivity index (χ0n) is 17.5. The van der Waals surface area contributed by atoms with E-state index in [0.29, 0.717) is 5.75 Å². The van der Waals surface area contributed by atoms with Crippen LogP contribution >= 0.6 is 23.1 Å². The maximum absolute atomic E-state index is 13.1. The Balaban J connectivity index is 1.32. The molecule has 0 unspecified atom stereocenters. The maximum atomic E-state index is 13.1. The number of hydrogen-bond acceptors (Lipinski definition) is 6. The lowest BCUT2D eigenvalue weighted by atomic mass is 10.2. The van der Waals surface area contributed by atoms with Crippen LogP contribution in [0.15, 0.2) is 53.7 Å². The number of rotatable bonds is 5. The molecule has 31 heavy (non-hydrogen) atoms. The molecule has 1 atom stereocenters. The van der Waals surface area contributed by atoms with E-state index >= 15 is 0 Å². The summed E-state index contributed by atoms with van der Waals surface area (Å²) in [4.78, 5) is 19.9. The first-order valence-electron chi connectivity index (χ1n) is 10.4. The second-order valence-electron chi connectivity index (χ2n) is 7.75. The molecule has 0 saturated carbocycles. The molecular formula is C23H23N5OS2. The first-order chi connectivity index (χ1) is 15.1. The van der Waals surface area contributed by atoms with Crippen LogP contribution in [-0.2, 0) is 4.79 Å². The Hall–Kier alpha value is -2.71. The fourth-order valence-corrected chi connectivity index (χ4v) is 5.99. The quantitative estimate of drug-likeness (QED) is 0.404. The van der Waals surface area contributed by atoms with Gasteiger partial charge in [-0.15, -0.1) is 21.5 Å². The summed E-state index contributed by atoms with van der Waals surface area (Å²) in [5, 5.41) is 10.3. The van der Waals surface area contributed by atoms with Gasteiger partial charge in [0.05, 0.1) is 22.0 Å². The molecule has 6 nitrogen and oxygen atoms in total. The van der Waals surface area contributed by atoms with Crippen molar-refractivity contribution in [3.63, 3.8) is 0 Å². The van der Waals surface area contributed by atoms with E-state index in [2.05, 4.69) is 47.5 Å². The SMILES string of the molecule is Cc1ccc(-n2c(C)nnc2SCC(=O)N2CCC[C@@H]2c2nc3ccccc3s2)cc1. The predicted octanol–water partition coefficient (Wildman–Crippen LogP) is 4.95. The van der Waals surface area contributed by atoms with Gasteiger partial charge >= 0.3 is 0 Å². The average molecular weight is 450 g/mol. The van der Waals surface area contributed by atoms with Crippen LogP contribution in [0, 0.1) is 13.8 Å². The summed E-state index contributed by atoms with van der Waals surface area (Å²) in [6, 6.07) is 16.5. The Morgan fingerprint density at radius 3 is 2.74 bits per heavy atom. The Labute approximate surface area is 189 Å². The number of amides is 1. The zero-order chi connectivity index (χ0) is 21.4. The predicted molar refractivity (Wildman–Crippen MR) is 125 cm³/mol. The van der Waals surface area contributed by atoms with Crippen LogP contribution in [-0.4, -0.2) is 42.9 Å². The number of fused-ring (bicyclic) bond motifs is 1. The molecule has 0 aliphatic carbocycles. The van der Waals surface area contributed by atoms with Crippen molar-refractivity contribution in [2.24, 2.45) is 0 Å². The second-order valence-corrected chi connectivity index (χ2v) is 9.76. The fourth-order valence-electron chi connectivity index (χ4n) is 3.99. The minimum atomic E-state index is 0.0715. The number of thioether (sulfide) groups is 1. The van der Waals surface area contributed by atoms with Gasteiger partial charge in [0.1, 0.15) is 10.8 Å². The number of para-hydroxylation sites is 1. The Kier molecular flexibility index (Phi) is 5.50. The van der Waals surface area contributed by atoms with Crippen LogP contribution < -0.4 is 0 Å². The van der Waals surface area contributed by atoms with Crippen LogP contribution in [0.4, 0.5) is 0 Å². The van der Waals surface area contributed by atoms with Gasteiger partial charge in [-0.3, -0.25) is 9.36 Å². The normalized spacial score (nSPS) is 16.3. The fraction of sp³-hybridized carbons (Fsp3) is 0.304. The Morgan fingerprint density at radius 1 is 1.13 bits per heavy atom. The number of aromatic nitrogens is 4. The van der Waals surface area contributed by atoms with Gasteiger partial charge in [0, 0.05) is 12.2 Å². The minimum Gasteiger partial charge on any atom is -0.332 e. The molecule has 4 aromatic rings. The van der Waals surface area contributed by atoms with Crippen molar-refractivity contribution < 1.29 is 4.79 Å². The van der Waals surface area contributed by atoms with Crippen molar-refractivity contribution in [2.45, 2.75) is 37.9 Å². The van der Waals surface area contributed by atoms with E-state index < -0.39 is 0 Å². The van der Waals surface area contributed by atoms with E-state index in [1.54, 1.807) is 11.3 Å². The Bertz CT molecular complexity index is 1200. The molecule has 2 aromatic heterocycles.